The van der Waals surface area contributed by atoms with Gasteiger partial charge >= 0.3 is 0 Å². The Balaban J connectivity index is 0.000000340. The van der Waals surface area contributed by atoms with Crippen LogP contribution in [0.1, 0.15) is 21.3 Å². The van der Waals surface area contributed by atoms with Crippen molar-refractivity contribution in [2.24, 2.45) is 0 Å². The Bertz CT molecular complexity index is 949. The Labute approximate surface area is 288 Å². The highest BCUT2D eigenvalue weighted by Crippen LogP contribution is 2.31. The van der Waals surface area contributed by atoms with E-state index in [1.54, 1.807) is 13.8 Å². The zero-order valence-electron chi connectivity index (χ0n) is 27.4. The molecule has 4 heterocycles. The lowest BCUT2D eigenvalue weighted by Gasteiger charge is -2.46. The van der Waals surface area contributed by atoms with Crippen LogP contribution in [0.2, 0.25) is 0 Å². The molecule has 0 aromatic heterocycles. The molecule has 0 spiro atoms. The SMILES string of the molecule is C.CO[C@@H]1C(O)[C@@H](C)OC(CO)[C@@H]1O[C@H]1OC(CO)[C@H](O)[C@H](O)C1O.CO[C@@H]1C(OO[C@H]2OC(CO)[C@H](O)[C@H](O)C2O)[C@@H](C)OC(CO)[C@@H]1O. The second-order valence-corrected chi connectivity index (χ2v) is 12.2. The molecule has 4 rings (SSSR count). The molecule has 21 heteroatoms. The monoisotopic (exact) mass is 740 g/mol. The highest BCUT2D eigenvalue weighted by atomic mass is 17.2. The first-order valence-corrected chi connectivity index (χ1v) is 15.7. The summed E-state index contributed by atoms with van der Waals surface area (Å²) in [5.41, 5.74) is 0. The van der Waals surface area contributed by atoms with Crippen molar-refractivity contribution in [2.45, 2.75) is 144 Å². The summed E-state index contributed by atoms with van der Waals surface area (Å²) < 4.78 is 37.3. The van der Waals surface area contributed by atoms with Gasteiger partial charge in [-0.05, 0) is 13.8 Å². The van der Waals surface area contributed by atoms with Crippen molar-refractivity contribution in [1.29, 1.82) is 0 Å². The van der Waals surface area contributed by atoms with Gasteiger partial charge in [0.15, 0.2) is 6.29 Å². The van der Waals surface area contributed by atoms with Gasteiger partial charge in [0.1, 0.15) is 97.7 Å². The summed E-state index contributed by atoms with van der Waals surface area (Å²) in [7, 11) is 2.69. The standard InChI is InChI=1S/C14H26O11.C14H26O10.CH4/c1-5-12(13(21-2)9(18)7(4-16)22-5)24-25-14-11(20)10(19)8(17)6(3-15)23-14;1-5-8(17)13(21-2)12(7(4-16)22-5)24-14-11(20)10(19)9(18)6(3-15)23-14;/h5-20H,3-4H2,1-2H3;5-20H,3-4H2,1-2H3;1H4/t5-,6?,7?,8+,9+,10+,11?,12?,13+,14-;5-,6?,7?,8?,9+,10+,11?,12+,13-,14-;/m11./s1. The molecule has 20 atom stereocenters. The minimum Gasteiger partial charge on any atom is -0.394 e. The maximum Gasteiger partial charge on any atom is 0.220 e. The number of aliphatic hydroxyl groups is 12. The molecule has 21 nitrogen and oxygen atoms in total. The maximum atomic E-state index is 10.2. The summed E-state index contributed by atoms with van der Waals surface area (Å²) in [5.74, 6) is 0. The number of aliphatic hydroxyl groups excluding tert-OH is 12. The van der Waals surface area contributed by atoms with Crippen LogP contribution in [-0.4, -0.2) is 224 Å². The summed E-state index contributed by atoms with van der Waals surface area (Å²) >= 11 is 0. The Kier molecular flexibility index (Phi) is 18.6. The molecule has 4 aliphatic heterocycles. The molecule has 0 aromatic rings. The van der Waals surface area contributed by atoms with E-state index >= 15 is 0 Å². The van der Waals surface area contributed by atoms with Gasteiger partial charge in [-0.3, -0.25) is 0 Å². The van der Waals surface area contributed by atoms with Crippen LogP contribution >= 0.6 is 0 Å². The third-order valence-electron chi connectivity index (χ3n) is 8.94. The maximum absolute atomic E-state index is 10.2. The molecule has 8 unspecified atom stereocenters. The zero-order valence-corrected chi connectivity index (χ0v) is 27.4. The summed E-state index contributed by atoms with van der Waals surface area (Å²) in [6.07, 6.45) is -23.6. The molecule has 0 aromatic carbocycles. The number of hydrogen-bond donors (Lipinski definition) is 12. The molecule has 0 aliphatic carbocycles. The van der Waals surface area contributed by atoms with Crippen molar-refractivity contribution in [3.63, 3.8) is 0 Å². The molecular formula is C29H56O21. The van der Waals surface area contributed by atoms with Gasteiger partial charge in [0.25, 0.3) is 0 Å². The lowest BCUT2D eigenvalue weighted by atomic mass is 9.94. The summed E-state index contributed by atoms with van der Waals surface area (Å²) in [5, 5.41) is 116. The van der Waals surface area contributed by atoms with Gasteiger partial charge in [0.2, 0.25) is 6.29 Å². The average Bonchev–Trinajstić information content (AvgIpc) is 3.09. The molecule has 0 amide bonds. The third kappa shape index (κ3) is 10.0. The largest absolute Gasteiger partial charge is 0.394 e. The molecule has 0 bridgehead atoms. The van der Waals surface area contributed by atoms with Gasteiger partial charge in [-0.1, -0.05) is 7.43 Å². The molecule has 12 N–H and O–H groups in total. The van der Waals surface area contributed by atoms with E-state index in [2.05, 4.69) is 0 Å². The lowest BCUT2D eigenvalue weighted by molar-refractivity contribution is -0.459. The molecular weight excluding hydrogens is 684 g/mol. The Morgan fingerprint density at radius 2 is 0.840 bits per heavy atom. The lowest BCUT2D eigenvalue weighted by Crippen LogP contribution is -2.64. The van der Waals surface area contributed by atoms with Crippen molar-refractivity contribution in [2.75, 3.05) is 40.6 Å². The van der Waals surface area contributed by atoms with E-state index in [-0.39, 0.29) is 7.43 Å². The summed E-state index contributed by atoms with van der Waals surface area (Å²) in [6, 6.07) is 0. The first kappa shape index (κ1) is 45.3. The van der Waals surface area contributed by atoms with E-state index in [4.69, 9.17) is 48.0 Å². The normalized spacial score (nSPS) is 48.2. The second kappa shape index (κ2) is 20.6. The van der Waals surface area contributed by atoms with Crippen LogP contribution in [0.15, 0.2) is 0 Å². The van der Waals surface area contributed by atoms with E-state index in [1.807, 2.05) is 0 Å². The minimum atomic E-state index is -1.63. The summed E-state index contributed by atoms with van der Waals surface area (Å²) in [6.45, 7) is 1.18. The van der Waals surface area contributed by atoms with E-state index in [1.165, 1.54) is 14.2 Å². The van der Waals surface area contributed by atoms with Crippen LogP contribution in [0.4, 0.5) is 0 Å². The van der Waals surface area contributed by atoms with E-state index < -0.39 is 149 Å². The van der Waals surface area contributed by atoms with Crippen LogP contribution in [-0.2, 0) is 42.9 Å². The van der Waals surface area contributed by atoms with Gasteiger partial charge in [0.05, 0.1) is 38.6 Å². The first-order valence-electron chi connectivity index (χ1n) is 15.7. The highest BCUT2D eigenvalue weighted by Gasteiger charge is 2.51. The molecule has 298 valence electrons. The number of rotatable bonds is 11. The first-order chi connectivity index (χ1) is 23.2. The second-order valence-electron chi connectivity index (χ2n) is 12.2. The van der Waals surface area contributed by atoms with Gasteiger partial charge in [-0.2, -0.15) is 0 Å². The summed E-state index contributed by atoms with van der Waals surface area (Å²) in [4.78, 5) is 10.2. The fourth-order valence-electron chi connectivity index (χ4n) is 5.96. The number of hydrogen-bond acceptors (Lipinski definition) is 21. The molecule has 0 saturated carbocycles. The average molecular weight is 741 g/mol. The van der Waals surface area contributed by atoms with Crippen molar-refractivity contribution in [3.05, 3.63) is 0 Å². The fraction of sp³-hybridized carbons (Fsp3) is 1.00. The molecule has 50 heavy (non-hydrogen) atoms. The number of methoxy groups -OCH3 is 2. The van der Waals surface area contributed by atoms with Crippen LogP contribution < -0.4 is 0 Å². The highest BCUT2D eigenvalue weighted by molar-refractivity contribution is 4.96. The predicted molar refractivity (Wildman–Crippen MR) is 162 cm³/mol. The van der Waals surface area contributed by atoms with Crippen molar-refractivity contribution in [3.8, 4) is 0 Å². The zero-order chi connectivity index (χ0) is 36.7. The van der Waals surface area contributed by atoms with Crippen molar-refractivity contribution in [1.82, 2.24) is 0 Å². The van der Waals surface area contributed by atoms with Crippen LogP contribution in [0.3, 0.4) is 0 Å². The number of ether oxygens (including phenoxy) is 7. The Morgan fingerprint density at radius 3 is 1.32 bits per heavy atom. The van der Waals surface area contributed by atoms with Crippen molar-refractivity contribution >= 4 is 0 Å². The predicted octanol–water partition coefficient (Wildman–Crippen LogP) is -6.78. The minimum absolute atomic E-state index is 0. The molecule has 4 saturated heterocycles. The van der Waals surface area contributed by atoms with E-state index in [0.29, 0.717) is 0 Å². The molecule has 0 radical (unpaired) electrons. The molecule has 4 aliphatic rings. The fourth-order valence-corrected chi connectivity index (χ4v) is 5.96. The Hall–Kier alpha value is -0.840. The van der Waals surface area contributed by atoms with Crippen molar-refractivity contribution < 1.29 is 104 Å². The van der Waals surface area contributed by atoms with Gasteiger partial charge in [-0.25, -0.2) is 9.78 Å². The quantitative estimate of drug-likeness (QED) is 0.0692. The molecule has 4 fully saturated rings. The van der Waals surface area contributed by atoms with Crippen LogP contribution in [0.25, 0.3) is 0 Å². The van der Waals surface area contributed by atoms with Crippen LogP contribution in [0.5, 0.6) is 0 Å². The van der Waals surface area contributed by atoms with Gasteiger partial charge in [0, 0.05) is 14.2 Å². The van der Waals surface area contributed by atoms with Gasteiger partial charge < -0.3 is 94.4 Å². The van der Waals surface area contributed by atoms with Crippen LogP contribution in [0, 0.1) is 0 Å². The van der Waals surface area contributed by atoms with Gasteiger partial charge in [-0.15, -0.1) is 0 Å². The third-order valence-corrected chi connectivity index (χ3v) is 8.94. The van der Waals surface area contributed by atoms with E-state index in [0.717, 1.165) is 0 Å². The topological polar surface area (TPSA) is 326 Å². The Morgan fingerprint density at radius 1 is 0.420 bits per heavy atom. The van der Waals surface area contributed by atoms with E-state index in [9.17, 15) is 56.2 Å². The smallest absolute Gasteiger partial charge is 0.220 e.